The van der Waals surface area contributed by atoms with Crippen LogP contribution in [0.25, 0.3) is 0 Å². The summed E-state index contributed by atoms with van der Waals surface area (Å²) in [6, 6.07) is 6.71. The molecule has 4 rings (SSSR count). The van der Waals surface area contributed by atoms with Crippen molar-refractivity contribution in [1.82, 2.24) is 0 Å². The van der Waals surface area contributed by atoms with Gasteiger partial charge in [0.05, 0.1) is 6.10 Å². The molecule has 0 amide bonds. The molecule has 168 valence electrons. The first-order valence-corrected chi connectivity index (χ1v) is 11.7. The first-order valence-electron chi connectivity index (χ1n) is 11.7. The highest BCUT2D eigenvalue weighted by atomic mass is 16.7. The summed E-state index contributed by atoms with van der Waals surface area (Å²) < 4.78 is 23.6. The molecule has 0 radical (unpaired) electrons. The van der Waals surface area contributed by atoms with Crippen LogP contribution in [-0.4, -0.2) is 31.9 Å². The first-order chi connectivity index (χ1) is 14.1. The standard InChI is InChI=1S/C26H40O4/c1-24(2,27-6)29-18-9-11-19-17(16-18)8-10-21-20(19)14-15-26(5)22(21)12-13-23(26)30-25(3,4)28-7/h9,11,16,20-23H,8,10,12-15H2,1-7H3/t20-,21-,22+,23+,26+/m1/s1. The van der Waals surface area contributed by atoms with Crippen LogP contribution in [0.5, 0.6) is 5.75 Å². The predicted molar refractivity (Wildman–Crippen MR) is 119 cm³/mol. The third-order valence-corrected chi connectivity index (χ3v) is 8.38. The van der Waals surface area contributed by atoms with Crippen molar-refractivity contribution in [2.45, 2.75) is 96.7 Å². The largest absolute Gasteiger partial charge is 0.463 e. The van der Waals surface area contributed by atoms with Gasteiger partial charge in [0, 0.05) is 28.1 Å². The highest BCUT2D eigenvalue weighted by molar-refractivity contribution is 5.41. The third-order valence-electron chi connectivity index (χ3n) is 8.38. The molecule has 3 aliphatic rings. The second kappa shape index (κ2) is 7.79. The van der Waals surface area contributed by atoms with Crippen molar-refractivity contribution in [3.05, 3.63) is 29.3 Å². The third kappa shape index (κ3) is 3.91. The van der Waals surface area contributed by atoms with Crippen molar-refractivity contribution < 1.29 is 18.9 Å². The highest BCUT2D eigenvalue weighted by Crippen LogP contribution is 2.62. The summed E-state index contributed by atoms with van der Waals surface area (Å²) in [5, 5.41) is 0. The summed E-state index contributed by atoms with van der Waals surface area (Å²) >= 11 is 0. The fourth-order valence-electron chi connectivity index (χ4n) is 6.48. The van der Waals surface area contributed by atoms with Crippen molar-refractivity contribution in [1.29, 1.82) is 0 Å². The molecule has 0 aliphatic heterocycles. The number of hydrogen-bond acceptors (Lipinski definition) is 4. The van der Waals surface area contributed by atoms with Gasteiger partial charge in [-0.1, -0.05) is 13.0 Å². The Morgan fingerprint density at radius 2 is 1.67 bits per heavy atom. The molecular formula is C26H40O4. The molecule has 1 aromatic carbocycles. The van der Waals surface area contributed by atoms with Crippen molar-refractivity contribution in [3.63, 3.8) is 0 Å². The van der Waals surface area contributed by atoms with Gasteiger partial charge < -0.3 is 18.9 Å². The number of ether oxygens (including phenoxy) is 4. The number of fused-ring (bicyclic) bond motifs is 5. The summed E-state index contributed by atoms with van der Waals surface area (Å²) in [5.41, 5.74) is 3.29. The lowest BCUT2D eigenvalue weighted by atomic mass is 9.55. The fraction of sp³-hybridized carbons (Fsp3) is 0.769. The lowest BCUT2D eigenvalue weighted by molar-refractivity contribution is -0.245. The van der Waals surface area contributed by atoms with E-state index in [0.717, 1.165) is 30.4 Å². The molecule has 0 bridgehead atoms. The lowest BCUT2D eigenvalue weighted by Crippen LogP contribution is -2.47. The van der Waals surface area contributed by atoms with Gasteiger partial charge in [-0.25, -0.2) is 0 Å². The molecule has 2 saturated carbocycles. The minimum absolute atomic E-state index is 0.264. The Kier molecular flexibility index (Phi) is 5.74. The van der Waals surface area contributed by atoms with Gasteiger partial charge in [0.2, 0.25) is 5.79 Å². The summed E-state index contributed by atoms with van der Waals surface area (Å²) in [6.07, 6.45) is 7.63. The second-order valence-corrected chi connectivity index (χ2v) is 10.8. The van der Waals surface area contributed by atoms with E-state index in [0.29, 0.717) is 12.0 Å². The van der Waals surface area contributed by atoms with E-state index in [-0.39, 0.29) is 5.41 Å². The highest BCUT2D eigenvalue weighted by Gasteiger charge is 2.56. The van der Waals surface area contributed by atoms with Crippen LogP contribution < -0.4 is 4.74 Å². The van der Waals surface area contributed by atoms with Crippen LogP contribution in [0.2, 0.25) is 0 Å². The van der Waals surface area contributed by atoms with Gasteiger partial charge in [-0.3, -0.25) is 0 Å². The average Bonchev–Trinajstić information content (AvgIpc) is 3.03. The average molecular weight is 417 g/mol. The molecule has 0 heterocycles. The molecular weight excluding hydrogens is 376 g/mol. The van der Waals surface area contributed by atoms with Crippen molar-refractivity contribution in [2.24, 2.45) is 17.3 Å². The maximum Gasteiger partial charge on any atom is 0.204 e. The Balaban J connectivity index is 1.53. The Morgan fingerprint density at radius 3 is 2.37 bits per heavy atom. The van der Waals surface area contributed by atoms with E-state index in [9.17, 15) is 0 Å². The smallest absolute Gasteiger partial charge is 0.204 e. The van der Waals surface area contributed by atoms with E-state index < -0.39 is 11.6 Å². The van der Waals surface area contributed by atoms with Crippen molar-refractivity contribution >= 4 is 0 Å². The molecule has 0 unspecified atom stereocenters. The van der Waals surface area contributed by atoms with Gasteiger partial charge in [0.15, 0.2) is 5.79 Å². The summed E-state index contributed by atoms with van der Waals surface area (Å²) in [6.45, 7) is 10.5. The zero-order chi connectivity index (χ0) is 21.7. The SMILES string of the molecule is COC(C)(C)Oc1ccc2c(c1)CC[C@@H]1[C@@H]2CC[C@]2(C)[C@@H](OC(C)(C)OC)CC[C@@H]12. The van der Waals surface area contributed by atoms with Gasteiger partial charge in [-0.15, -0.1) is 0 Å². The molecule has 30 heavy (non-hydrogen) atoms. The van der Waals surface area contributed by atoms with Gasteiger partial charge >= 0.3 is 0 Å². The van der Waals surface area contributed by atoms with Crippen LogP contribution in [0, 0.1) is 17.3 Å². The number of hydrogen-bond donors (Lipinski definition) is 0. The molecule has 5 atom stereocenters. The predicted octanol–water partition coefficient (Wildman–Crippen LogP) is 6.07. The molecule has 2 fully saturated rings. The Labute approximate surface area is 182 Å². The Hall–Kier alpha value is -1.10. The first kappa shape index (κ1) is 22.1. The maximum atomic E-state index is 6.49. The van der Waals surface area contributed by atoms with Crippen LogP contribution in [0.4, 0.5) is 0 Å². The monoisotopic (exact) mass is 416 g/mol. The number of benzene rings is 1. The van der Waals surface area contributed by atoms with Gasteiger partial charge in [-0.05, 0) is 98.8 Å². The Bertz CT molecular complexity index is 770. The molecule has 0 aromatic heterocycles. The summed E-state index contributed by atoms with van der Waals surface area (Å²) in [5.74, 6) is 1.97. The number of methoxy groups -OCH3 is 2. The topological polar surface area (TPSA) is 36.9 Å². The van der Waals surface area contributed by atoms with Crippen molar-refractivity contribution in [3.8, 4) is 5.75 Å². The maximum absolute atomic E-state index is 6.49. The van der Waals surface area contributed by atoms with Gasteiger partial charge in [0.25, 0.3) is 0 Å². The van der Waals surface area contributed by atoms with Crippen LogP contribution >= 0.6 is 0 Å². The van der Waals surface area contributed by atoms with Gasteiger partial charge in [0.1, 0.15) is 5.75 Å². The number of aryl methyl sites for hydroxylation is 1. The van der Waals surface area contributed by atoms with Crippen LogP contribution in [-0.2, 0) is 20.6 Å². The second-order valence-electron chi connectivity index (χ2n) is 10.8. The molecule has 0 spiro atoms. The van der Waals surface area contributed by atoms with E-state index in [1.54, 1.807) is 19.8 Å². The van der Waals surface area contributed by atoms with E-state index >= 15 is 0 Å². The van der Waals surface area contributed by atoms with E-state index in [1.165, 1.54) is 31.2 Å². The summed E-state index contributed by atoms with van der Waals surface area (Å²) in [4.78, 5) is 0. The minimum Gasteiger partial charge on any atom is -0.463 e. The lowest BCUT2D eigenvalue weighted by Gasteiger charge is -2.51. The van der Waals surface area contributed by atoms with Crippen LogP contribution in [0.15, 0.2) is 18.2 Å². The van der Waals surface area contributed by atoms with E-state index in [4.69, 9.17) is 18.9 Å². The van der Waals surface area contributed by atoms with E-state index in [1.807, 2.05) is 27.7 Å². The molecule has 3 aliphatic carbocycles. The molecule has 0 saturated heterocycles. The zero-order valence-electron chi connectivity index (χ0n) is 19.9. The minimum atomic E-state index is -0.604. The molecule has 1 aromatic rings. The normalized spacial score (nSPS) is 33.6. The molecule has 0 N–H and O–H groups in total. The Morgan fingerprint density at radius 1 is 0.933 bits per heavy atom. The van der Waals surface area contributed by atoms with Crippen LogP contribution in [0.3, 0.4) is 0 Å². The molecule has 4 heteroatoms. The zero-order valence-corrected chi connectivity index (χ0v) is 19.9. The summed E-state index contributed by atoms with van der Waals surface area (Å²) in [7, 11) is 3.43. The molecule has 4 nitrogen and oxygen atoms in total. The van der Waals surface area contributed by atoms with Gasteiger partial charge in [-0.2, -0.15) is 0 Å². The quantitative estimate of drug-likeness (QED) is 0.527. The fourth-order valence-corrected chi connectivity index (χ4v) is 6.48. The van der Waals surface area contributed by atoms with E-state index in [2.05, 4.69) is 25.1 Å². The van der Waals surface area contributed by atoms with Crippen molar-refractivity contribution in [2.75, 3.05) is 14.2 Å². The number of rotatable bonds is 6. The van der Waals surface area contributed by atoms with Crippen LogP contribution in [0.1, 0.15) is 83.8 Å².